The van der Waals surface area contributed by atoms with E-state index < -0.39 is 0 Å². The van der Waals surface area contributed by atoms with Gasteiger partial charge in [0.25, 0.3) is 5.91 Å². The number of nitrogens with zero attached hydrogens (tertiary/aromatic N) is 3. The first-order valence-corrected chi connectivity index (χ1v) is 5.66. The molecule has 2 aromatic heterocycles. The topological polar surface area (TPSA) is 80.9 Å². The molecule has 94 valence electrons. The molecule has 1 amide bonds. The lowest BCUT2D eigenvalue weighted by atomic mass is 10.2. The lowest BCUT2D eigenvalue weighted by Crippen LogP contribution is -2.27. The minimum Gasteiger partial charge on any atom is -0.340 e. The van der Waals surface area contributed by atoms with Crippen molar-refractivity contribution in [2.24, 2.45) is 0 Å². The van der Waals surface area contributed by atoms with E-state index in [9.17, 15) is 4.79 Å². The van der Waals surface area contributed by atoms with Crippen molar-refractivity contribution >= 4 is 17.5 Å². The monoisotopic (exact) mass is 266 g/mol. The molecule has 2 aromatic rings. The van der Waals surface area contributed by atoms with Crippen LogP contribution >= 0.6 is 11.6 Å². The second-order valence-electron chi connectivity index (χ2n) is 3.73. The van der Waals surface area contributed by atoms with Gasteiger partial charge in [0.2, 0.25) is 5.89 Å². The zero-order valence-electron chi connectivity index (χ0n) is 9.85. The number of pyridine rings is 1. The van der Waals surface area contributed by atoms with Crippen LogP contribution in [0.15, 0.2) is 23.0 Å². The van der Waals surface area contributed by atoms with Crippen molar-refractivity contribution in [3.8, 4) is 0 Å². The Morgan fingerprint density at radius 1 is 1.56 bits per heavy atom. The molecule has 2 rings (SSSR count). The zero-order chi connectivity index (χ0) is 13.1. The molecule has 1 atom stereocenters. The van der Waals surface area contributed by atoms with Crippen LogP contribution in [0.2, 0.25) is 5.02 Å². The summed E-state index contributed by atoms with van der Waals surface area (Å²) in [6.07, 6.45) is 2.92. The number of hydrogen-bond acceptors (Lipinski definition) is 5. The summed E-state index contributed by atoms with van der Waals surface area (Å²) in [6.45, 7) is 3.46. The second-order valence-corrected chi connectivity index (χ2v) is 4.14. The first-order valence-electron chi connectivity index (χ1n) is 5.28. The van der Waals surface area contributed by atoms with Crippen molar-refractivity contribution in [1.82, 2.24) is 20.4 Å². The molecule has 0 aliphatic carbocycles. The van der Waals surface area contributed by atoms with E-state index in [1.165, 1.54) is 12.4 Å². The van der Waals surface area contributed by atoms with Crippen LogP contribution in [0.4, 0.5) is 0 Å². The van der Waals surface area contributed by atoms with Crippen LogP contribution in [0.5, 0.6) is 0 Å². The molecule has 0 fully saturated rings. The highest BCUT2D eigenvalue weighted by molar-refractivity contribution is 6.33. The molecule has 0 saturated heterocycles. The van der Waals surface area contributed by atoms with Crippen LogP contribution in [-0.2, 0) is 0 Å². The molecular formula is C11H11ClN4O2. The molecule has 0 saturated carbocycles. The van der Waals surface area contributed by atoms with Crippen LogP contribution in [0, 0.1) is 6.92 Å². The van der Waals surface area contributed by atoms with Gasteiger partial charge in [0.05, 0.1) is 10.6 Å². The molecule has 7 heteroatoms. The highest BCUT2D eigenvalue weighted by Gasteiger charge is 2.17. The largest absolute Gasteiger partial charge is 0.340 e. The number of aromatic nitrogens is 3. The van der Waals surface area contributed by atoms with Gasteiger partial charge in [0, 0.05) is 12.4 Å². The fourth-order valence-corrected chi connectivity index (χ4v) is 1.59. The summed E-state index contributed by atoms with van der Waals surface area (Å²) >= 11 is 5.88. The van der Waals surface area contributed by atoms with Gasteiger partial charge >= 0.3 is 0 Å². The first-order chi connectivity index (χ1) is 8.58. The van der Waals surface area contributed by atoms with Gasteiger partial charge in [0.15, 0.2) is 5.82 Å². The number of hydrogen-bond donors (Lipinski definition) is 1. The Hall–Kier alpha value is -1.95. The maximum absolute atomic E-state index is 11.9. The standard InChI is InChI=1S/C11H11ClN4O2/c1-6(11-15-7(2)16-18-11)14-10(17)8-3-4-13-5-9(8)12/h3-6H,1-2H3,(H,14,17)/t6-/m1/s1. The molecule has 0 radical (unpaired) electrons. The Morgan fingerprint density at radius 2 is 2.33 bits per heavy atom. The van der Waals surface area contributed by atoms with E-state index in [2.05, 4.69) is 20.4 Å². The highest BCUT2D eigenvalue weighted by atomic mass is 35.5. The molecule has 0 aromatic carbocycles. The van der Waals surface area contributed by atoms with Crippen molar-refractivity contribution < 1.29 is 9.32 Å². The van der Waals surface area contributed by atoms with E-state index >= 15 is 0 Å². The van der Waals surface area contributed by atoms with Gasteiger partial charge in [-0.25, -0.2) is 0 Å². The van der Waals surface area contributed by atoms with Crippen molar-refractivity contribution in [2.75, 3.05) is 0 Å². The van der Waals surface area contributed by atoms with Gasteiger partial charge in [-0.15, -0.1) is 0 Å². The molecule has 0 unspecified atom stereocenters. The lowest BCUT2D eigenvalue weighted by Gasteiger charge is -2.10. The van der Waals surface area contributed by atoms with Crippen molar-refractivity contribution in [2.45, 2.75) is 19.9 Å². The summed E-state index contributed by atoms with van der Waals surface area (Å²) in [4.78, 5) is 19.8. The van der Waals surface area contributed by atoms with E-state index in [-0.39, 0.29) is 11.9 Å². The third-order valence-corrected chi connectivity index (χ3v) is 2.58. The van der Waals surface area contributed by atoms with Gasteiger partial charge < -0.3 is 9.84 Å². The SMILES string of the molecule is Cc1noc([C@@H](C)NC(=O)c2ccncc2Cl)n1. The summed E-state index contributed by atoms with van der Waals surface area (Å²) in [7, 11) is 0. The smallest absolute Gasteiger partial charge is 0.253 e. The molecule has 18 heavy (non-hydrogen) atoms. The van der Waals surface area contributed by atoms with Crippen LogP contribution in [0.1, 0.15) is 35.0 Å². The lowest BCUT2D eigenvalue weighted by molar-refractivity contribution is 0.0932. The molecule has 6 nitrogen and oxygen atoms in total. The van der Waals surface area contributed by atoms with E-state index in [0.29, 0.717) is 22.3 Å². The number of aryl methyl sites for hydroxylation is 1. The molecule has 0 spiro atoms. The quantitative estimate of drug-likeness (QED) is 0.918. The van der Waals surface area contributed by atoms with Crippen LogP contribution in [0.25, 0.3) is 0 Å². The molecule has 0 aliphatic heterocycles. The van der Waals surface area contributed by atoms with Gasteiger partial charge in [0.1, 0.15) is 6.04 Å². The van der Waals surface area contributed by atoms with E-state index in [4.69, 9.17) is 16.1 Å². The van der Waals surface area contributed by atoms with Gasteiger partial charge in [-0.2, -0.15) is 4.98 Å². The summed E-state index contributed by atoms with van der Waals surface area (Å²) < 4.78 is 4.97. The number of rotatable bonds is 3. The fraction of sp³-hybridized carbons (Fsp3) is 0.273. The van der Waals surface area contributed by atoms with Crippen molar-refractivity contribution in [3.63, 3.8) is 0 Å². The van der Waals surface area contributed by atoms with Crippen molar-refractivity contribution in [3.05, 3.63) is 40.8 Å². The fourth-order valence-electron chi connectivity index (χ4n) is 1.38. The minimum atomic E-state index is -0.386. The third kappa shape index (κ3) is 2.65. The second kappa shape index (κ2) is 5.14. The highest BCUT2D eigenvalue weighted by Crippen LogP contribution is 2.15. The van der Waals surface area contributed by atoms with Crippen LogP contribution in [-0.4, -0.2) is 21.0 Å². The Bertz CT molecular complexity index is 570. The summed E-state index contributed by atoms with van der Waals surface area (Å²) in [5, 5.41) is 6.68. The third-order valence-electron chi connectivity index (χ3n) is 2.28. The number of nitrogens with one attached hydrogen (secondary N) is 1. The predicted octanol–water partition coefficient (Wildman–Crippen LogP) is 1.92. The molecule has 1 N–H and O–H groups in total. The van der Waals surface area contributed by atoms with Crippen molar-refractivity contribution in [1.29, 1.82) is 0 Å². The molecular weight excluding hydrogens is 256 g/mol. The average molecular weight is 267 g/mol. The number of amides is 1. The Kier molecular flexibility index (Phi) is 3.57. The maximum Gasteiger partial charge on any atom is 0.253 e. The number of carbonyl (C=O) groups excluding carboxylic acids is 1. The first kappa shape index (κ1) is 12.5. The number of halogens is 1. The average Bonchev–Trinajstić information content (AvgIpc) is 2.76. The molecule has 0 bridgehead atoms. The predicted molar refractivity (Wildman–Crippen MR) is 64.2 cm³/mol. The van der Waals surface area contributed by atoms with E-state index in [1.807, 2.05) is 0 Å². The maximum atomic E-state index is 11.9. The Balaban J connectivity index is 2.10. The number of carbonyl (C=O) groups is 1. The van der Waals surface area contributed by atoms with E-state index in [0.717, 1.165) is 0 Å². The summed E-state index contributed by atoms with van der Waals surface area (Å²) in [5.41, 5.74) is 0.356. The zero-order valence-corrected chi connectivity index (χ0v) is 10.6. The summed E-state index contributed by atoms with van der Waals surface area (Å²) in [6, 6.07) is 1.16. The van der Waals surface area contributed by atoms with Gasteiger partial charge in [-0.1, -0.05) is 16.8 Å². The minimum absolute atomic E-state index is 0.295. The Labute approximate surface area is 108 Å². The Morgan fingerprint density at radius 3 is 2.94 bits per heavy atom. The molecule has 0 aliphatic rings. The summed E-state index contributed by atoms with van der Waals surface area (Å²) in [5.74, 6) is 0.560. The van der Waals surface area contributed by atoms with Gasteiger partial charge in [-0.05, 0) is 19.9 Å². The normalized spacial score (nSPS) is 12.2. The molecule has 2 heterocycles. The van der Waals surface area contributed by atoms with Gasteiger partial charge in [-0.3, -0.25) is 9.78 Å². The van der Waals surface area contributed by atoms with Crippen LogP contribution in [0.3, 0.4) is 0 Å². The van der Waals surface area contributed by atoms with E-state index in [1.54, 1.807) is 19.9 Å². The van der Waals surface area contributed by atoms with Crippen LogP contribution < -0.4 is 5.32 Å².